The molecule has 0 unspecified atom stereocenters. The third kappa shape index (κ3) is 6.10. The summed E-state index contributed by atoms with van der Waals surface area (Å²) in [5, 5.41) is 5.22. The number of carbonyl (C=O) groups excluding carboxylic acids is 2. The zero-order chi connectivity index (χ0) is 32.7. The van der Waals surface area contributed by atoms with Gasteiger partial charge >= 0.3 is 0 Å². The van der Waals surface area contributed by atoms with Crippen LogP contribution in [0.4, 0.5) is 15.9 Å². The first kappa shape index (κ1) is 31.7. The number of benzene rings is 1. The van der Waals surface area contributed by atoms with Gasteiger partial charge in [-0.15, -0.1) is 11.3 Å². The van der Waals surface area contributed by atoms with Gasteiger partial charge in [-0.1, -0.05) is 6.07 Å². The van der Waals surface area contributed by atoms with Gasteiger partial charge in [0.15, 0.2) is 10.7 Å². The van der Waals surface area contributed by atoms with Crippen molar-refractivity contribution in [1.82, 2.24) is 24.5 Å². The van der Waals surface area contributed by atoms with Crippen LogP contribution in [-0.4, -0.2) is 73.6 Å². The number of nitrogen functional groups attached to an aromatic ring is 1. The molecule has 6 rings (SSSR count). The lowest BCUT2D eigenvalue weighted by Crippen LogP contribution is -2.55. The SMILES string of the molecule is Cc1nc(OC2CCC(N(C(C)C)[C@@H]3CCCN(c4cc(-c5ccc(C(N)=O)c(F)c5)n5ncnc(N)c45)C3)CC2)c(C(N)=O)s1. The molecule has 2 amide bonds. The summed E-state index contributed by atoms with van der Waals surface area (Å²) in [5.41, 5.74) is 19.9. The Morgan fingerprint density at radius 2 is 1.85 bits per heavy atom. The topological polar surface area (TPSA) is 171 Å². The van der Waals surface area contributed by atoms with E-state index in [0.29, 0.717) is 51.5 Å². The van der Waals surface area contributed by atoms with Gasteiger partial charge in [0.25, 0.3) is 11.8 Å². The molecular weight excluding hydrogens is 609 g/mol. The van der Waals surface area contributed by atoms with Gasteiger partial charge in [0, 0.05) is 36.8 Å². The summed E-state index contributed by atoms with van der Waals surface area (Å²) in [7, 11) is 0. The van der Waals surface area contributed by atoms with E-state index in [1.807, 2.05) is 13.0 Å². The van der Waals surface area contributed by atoms with Gasteiger partial charge in [-0.25, -0.2) is 18.9 Å². The summed E-state index contributed by atoms with van der Waals surface area (Å²) < 4.78 is 22.7. The first-order valence-corrected chi connectivity index (χ1v) is 16.5. The normalized spacial score (nSPS) is 20.5. The molecule has 1 atom stereocenters. The maximum absolute atomic E-state index is 14.8. The molecule has 244 valence electrons. The Labute approximate surface area is 270 Å². The Morgan fingerprint density at radius 3 is 2.52 bits per heavy atom. The number of hydrogen-bond donors (Lipinski definition) is 3. The number of halogens is 1. The summed E-state index contributed by atoms with van der Waals surface area (Å²) >= 11 is 1.27. The highest BCUT2D eigenvalue weighted by Crippen LogP contribution is 2.38. The summed E-state index contributed by atoms with van der Waals surface area (Å²) in [6, 6.07) is 7.35. The number of thiazole rings is 1. The van der Waals surface area contributed by atoms with Crippen LogP contribution >= 0.6 is 11.3 Å². The molecule has 1 aliphatic carbocycles. The van der Waals surface area contributed by atoms with E-state index in [9.17, 15) is 14.0 Å². The van der Waals surface area contributed by atoms with Gasteiger partial charge in [0.2, 0.25) is 5.88 Å². The molecule has 14 heteroatoms. The van der Waals surface area contributed by atoms with Crippen LogP contribution in [0, 0.1) is 12.7 Å². The Kier molecular flexibility index (Phi) is 8.84. The van der Waals surface area contributed by atoms with Crippen LogP contribution in [0.25, 0.3) is 16.8 Å². The number of amides is 2. The Bertz CT molecular complexity index is 1760. The highest BCUT2D eigenvalue weighted by Gasteiger charge is 2.36. The van der Waals surface area contributed by atoms with Crippen LogP contribution < -0.4 is 26.8 Å². The smallest absolute Gasteiger partial charge is 0.264 e. The highest BCUT2D eigenvalue weighted by molar-refractivity contribution is 7.13. The van der Waals surface area contributed by atoms with Crippen molar-refractivity contribution < 1.29 is 18.7 Å². The average molecular weight is 650 g/mol. The van der Waals surface area contributed by atoms with Gasteiger partial charge in [-0.05, 0) is 77.5 Å². The van der Waals surface area contributed by atoms with Crippen LogP contribution in [-0.2, 0) is 0 Å². The van der Waals surface area contributed by atoms with E-state index in [-0.39, 0.29) is 11.7 Å². The van der Waals surface area contributed by atoms with E-state index in [4.69, 9.17) is 21.9 Å². The summed E-state index contributed by atoms with van der Waals surface area (Å²) in [6.45, 7) is 7.97. The maximum atomic E-state index is 14.8. The minimum atomic E-state index is -0.821. The number of nitrogens with zero attached hydrogens (tertiary/aromatic N) is 6. The second-order valence-electron chi connectivity index (χ2n) is 12.4. The van der Waals surface area contributed by atoms with Crippen molar-refractivity contribution in [3.05, 3.63) is 51.9 Å². The molecule has 4 aromatic rings. The minimum Gasteiger partial charge on any atom is -0.473 e. The number of rotatable bonds is 9. The molecule has 1 saturated carbocycles. The van der Waals surface area contributed by atoms with E-state index in [2.05, 4.69) is 38.7 Å². The zero-order valence-corrected chi connectivity index (χ0v) is 27.1. The molecule has 6 N–H and O–H groups in total. The van der Waals surface area contributed by atoms with E-state index in [0.717, 1.165) is 62.3 Å². The van der Waals surface area contributed by atoms with Gasteiger partial charge < -0.3 is 26.8 Å². The molecule has 1 aromatic carbocycles. The van der Waals surface area contributed by atoms with Crippen LogP contribution in [0.3, 0.4) is 0 Å². The molecule has 12 nitrogen and oxygen atoms in total. The van der Waals surface area contributed by atoms with Crippen molar-refractivity contribution >= 4 is 40.2 Å². The maximum Gasteiger partial charge on any atom is 0.264 e. The fraction of sp³-hybridized carbons (Fsp3) is 0.469. The van der Waals surface area contributed by atoms with Crippen molar-refractivity contribution in [1.29, 1.82) is 0 Å². The van der Waals surface area contributed by atoms with Crippen LogP contribution in [0.15, 0.2) is 30.6 Å². The highest BCUT2D eigenvalue weighted by atomic mass is 32.1. The van der Waals surface area contributed by atoms with Crippen molar-refractivity contribution in [2.24, 2.45) is 11.5 Å². The van der Waals surface area contributed by atoms with Crippen molar-refractivity contribution in [2.45, 2.75) is 83.5 Å². The number of aromatic nitrogens is 4. The number of piperidine rings is 1. The molecule has 1 saturated heterocycles. The van der Waals surface area contributed by atoms with Gasteiger partial charge in [-0.3, -0.25) is 14.5 Å². The molecule has 3 aromatic heterocycles. The predicted octanol–water partition coefficient (Wildman–Crippen LogP) is 4.15. The molecule has 4 heterocycles. The molecule has 0 spiro atoms. The number of nitrogens with two attached hydrogens (primary N) is 3. The monoisotopic (exact) mass is 649 g/mol. The van der Waals surface area contributed by atoms with Crippen LogP contribution in [0.1, 0.15) is 77.4 Å². The summed E-state index contributed by atoms with van der Waals surface area (Å²) in [4.78, 5) is 37.5. The van der Waals surface area contributed by atoms with Gasteiger partial charge in [-0.2, -0.15) is 5.10 Å². The van der Waals surface area contributed by atoms with Crippen molar-refractivity contribution in [3.8, 4) is 17.1 Å². The molecular formula is C32H40FN9O3S. The predicted molar refractivity (Wildman–Crippen MR) is 176 cm³/mol. The second-order valence-corrected chi connectivity index (χ2v) is 13.6. The Balaban J connectivity index is 1.22. The largest absolute Gasteiger partial charge is 0.473 e. The first-order chi connectivity index (χ1) is 22.0. The van der Waals surface area contributed by atoms with E-state index < -0.39 is 17.6 Å². The zero-order valence-electron chi connectivity index (χ0n) is 26.3. The number of primary amides is 2. The molecule has 2 aliphatic rings. The van der Waals surface area contributed by atoms with Gasteiger partial charge in [0.1, 0.15) is 23.8 Å². The third-order valence-electron chi connectivity index (χ3n) is 9.12. The first-order valence-electron chi connectivity index (χ1n) is 15.7. The quantitative estimate of drug-likeness (QED) is 0.241. The number of ether oxygens (including phenoxy) is 1. The van der Waals surface area contributed by atoms with Gasteiger partial charge in [0.05, 0.1) is 22.0 Å². The molecule has 2 fully saturated rings. The lowest BCUT2D eigenvalue weighted by Gasteiger charge is -2.47. The third-order valence-corrected chi connectivity index (χ3v) is 10.1. The van der Waals surface area contributed by atoms with E-state index >= 15 is 0 Å². The minimum absolute atomic E-state index is 0.0105. The number of aryl methyl sites for hydroxylation is 1. The molecule has 1 aliphatic heterocycles. The van der Waals surface area contributed by atoms with Crippen molar-refractivity contribution in [3.63, 3.8) is 0 Å². The van der Waals surface area contributed by atoms with Crippen molar-refractivity contribution in [2.75, 3.05) is 23.7 Å². The summed E-state index contributed by atoms with van der Waals surface area (Å²) in [6.07, 6.45) is 7.11. The summed E-state index contributed by atoms with van der Waals surface area (Å²) in [5.74, 6) is -1.33. The van der Waals surface area contributed by atoms with Crippen LogP contribution in [0.2, 0.25) is 0 Å². The fourth-order valence-corrected chi connectivity index (χ4v) is 7.90. The lowest BCUT2D eigenvalue weighted by molar-refractivity contribution is 0.0339. The van der Waals surface area contributed by atoms with E-state index in [1.165, 1.54) is 29.8 Å². The Morgan fingerprint density at radius 1 is 1.09 bits per heavy atom. The molecule has 0 bridgehead atoms. The fourth-order valence-electron chi connectivity index (χ4n) is 7.19. The number of anilines is 2. The second kappa shape index (κ2) is 12.8. The molecule has 46 heavy (non-hydrogen) atoms. The standard InChI is InChI=1S/C32H40FN9O3S/c1-17(2)41(20-7-9-22(10-8-20)45-32-28(31(36)44)46-18(3)39-32)21-5-4-12-40(15-21)26-14-25(42-27(26)29(34)37-16-38-42)19-6-11-23(30(35)43)24(33)13-19/h6,11,13-14,16-17,20-22H,4-5,7-10,12,15H2,1-3H3,(H2,35,43)(H2,36,44)(H2,34,37,38)/t20?,21-,22?/m1/s1. The number of hydrogen-bond acceptors (Lipinski definition) is 10. The Hall–Kier alpha value is -4.30. The average Bonchev–Trinajstić information content (AvgIpc) is 3.59. The van der Waals surface area contributed by atoms with E-state index in [1.54, 1.807) is 10.6 Å². The lowest BCUT2D eigenvalue weighted by atomic mass is 9.88. The van der Waals surface area contributed by atoms with Crippen LogP contribution in [0.5, 0.6) is 5.88 Å². The number of fused-ring (bicyclic) bond motifs is 1. The molecule has 0 radical (unpaired) electrons. The number of carbonyl (C=O) groups is 2.